The fourth-order valence-corrected chi connectivity index (χ4v) is 3.64. The largest absolute Gasteiger partial charge is 0.352 e. The van der Waals surface area contributed by atoms with Crippen molar-refractivity contribution in [2.45, 2.75) is 40.5 Å². The van der Waals surface area contributed by atoms with E-state index < -0.39 is 0 Å². The SMILES string of the molecule is Cc1ccc(C(=O)NCCCN2C[C@@H](C)C[C@H](C)C2)c(C)c1. The predicted molar refractivity (Wildman–Crippen MR) is 92.3 cm³/mol. The van der Waals surface area contributed by atoms with Crippen molar-refractivity contribution in [1.82, 2.24) is 10.2 Å². The topological polar surface area (TPSA) is 32.3 Å². The molecule has 0 unspecified atom stereocenters. The predicted octanol–water partition coefficient (Wildman–Crippen LogP) is 3.40. The fourth-order valence-electron chi connectivity index (χ4n) is 3.64. The van der Waals surface area contributed by atoms with Gasteiger partial charge >= 0.3 is 0 Å². The van der Waals surface area contributed by atoms with Crippen LogP contribution in [-0.4, -0.2) is 37.0 Å². The van der Waals surface area contributed by atoms with Crippen LogP contribution in [0.25, 0.3) is 0 Å². The van der Waals surface area contributed by atoms with Gasteiger partial charge in [-0.25, -0.2) is 0 Å². The van der Waals surface area contributed by atoms with E-state index in [1.807, 2.05) is 19.1 Å². The molecule has 22 heavy (non-hydrogen) atoms. The number of amides is 1. The smallest absolute Gasteiger partial charge is 0.251 e. The van der Waals surface area contributed by atoms with Crippen LogP contribution in [0, 0.1) is 25.7 Å². The highest BCUT2D eigenvalue weighted by Crippen LogP contribution is 2.20. The average molecular weight is 302 g/mol. The van der Waals surface area contributed by atoms with Crippen molar-refractivity contribution in [1.29, 1.82) is 0 Å². The first kappa shape index (κ1) is 17.0. The van der Waals surface area contributed by atoms with Gasteiger partial charge in [-0.15, -0.1) is 0 Å². The van der Waals surface area contributed by atoms with Gasteiger partial charge in [-0.1, -0.05) is 31.5 Å². The number of rotatable bonds is 5. The fraction of sp³-hybridized carbons (Fsp3) is 0.632. The summed E-state index contributed by atoms with van der Waals surface area (Å²) >= 11 is 0. The Hall–Kier alpha value is -1.35. The number of benzene rings is 1. The summed E-state index contributed by atoms with van der Waals surface area (Å²) in [5.41, 5.74) is 3.05. The number of nitrogens with zero attached hydrogens (tertiary/aromatic N) is 1. The summed E-state index contributed by atoms with van der Waals surface area (Å²) in [5, 5.41) is 3.06. The maximum absolute atomic E-state index is 12.2. The minimum Gasteiger partial charge on any atom is -0.352 e. The van der Waals surface area contributed by atoms with Gasteiger partial charge < -0.3 is 10.2 Å². The zero-order valence-corrected chi connectivity index (χ0v) is 14.5. The number of carbonyl (C=O) groups excluding carboxylic acids is 1. The van der Waals surface area contributed by atoms with Crippen molar-refractivity contribution >= 4 is 5.91 Å². The van der Waals surface area contributed by atoms with Crippen LogP contribution in [0.1, 0.15) is 48.2 Å². The highest BCUT2D eigenvalue weighted by molar-refractivity contribution is 5.95. The molecule has 1 saturated heterocycles. The second-order valence-electron chi connectivity index (χ2n) is 7.13. The summed E-state index contributed by atoms with van der Waals surface area (Å²) in [6.07, 6.45) is 2.37. The number of hydrogen-bond donors (Lipinski definition) is 1. The molecule has 0 aromatic heterocycles. The molecule has 3 heteroatoms. The van der Waals surface area contributed by atoms with Crippen LogP contribution in [0.3, 0.4) is 0 Å². The first-order valence-electron chi connectivity index (χ1n) is 8.53. The van der Waals surface area contributed by atoms with Crippen molar-refractivity contribution in [3.8, 4) is 0 Å². The highest BCUT2D eigenvalue weighted by Gasteiger charge is 2.21. The molecule has 1 N–H and O–H groups in total. The molecule has 0 spiro atoms. The van der Waals surface area contributed by atoms with Crippen LogP contribution in [0.15, 0.2) is 18.2 Å². The normalized spacial score (nSPS) is 22.5. The standard InChI is InChI=1S/C19H30N2O/c1-14-6-7-18(17(4)11-14)19(22)20-8-5-9-21-12-15(2)10-16(3)13-21/h6-7,11,15-16H,5,8-10,12-13H2,1-4H3,(H,20,22)/t15-,16-/m0/s1. The second kappa shape index (κ2) is 7.77. The lowest BCUT2D eigenvalue weighted by Crippen LogP contribution is -2.40. The number of piperidine rings is 1. The Morgan fingerprint density at radius 2 is 1.91 bits per heavy atom. The molecule has 2 atom stereocenters. The molecule has 1 aromatic rings. The second-order valence-corrected chi connectivity index (χ2v) is 7.13. The Morgan fingerprint density at radius 1 is 1.23 bits per heavy atom. The van der Waals surface area contributed by atoms with Gasteiger partial charge in [0.1, 0.15) is 0 Å². The Kier molecular flexibility index (Phi) is 6.01. The zero-order chi connectivity index (χ0) is 16.1. The number of nitrogens with one attached hydrogen (secondary N) is 1. The van der Waals surface area contributed by atoms with Crippen LogP contribution in [0.2, 0.25) is 0 Å². The van der Waals surface area contributed by atoms with Crippen molar-refractivity contribution in [2.24, 2.45) is 11.8 Å². The third-order valence-corrected chi connectivity index (χ3v) is 4.51. The van der Waals surface area contributed by atoms with Crippen molar-refractivity contribution in [3.05, 3.63) is 34.9 Å². The summed E-state index contributed by atoms with van der Waals surface area (Å²) in [5.74, 6) is 1.65. The molecule has 0 bridgehead atoms. The first-order chi connectivity index (χ1) is 10.5. The van der Waals surface area contributed by atoms with Crippen molar-refractivity contribution < 1.29 is 4.79 Å². The Labute approximate surface area is 135 Å². The molecule has 0 radical (unpaired) electrons. The van der Waals surface area contributed by atoms with Gasteiger partial charge in [0.2, 0.25) is 0 Å². The monoisotopic (exact) mass is 302 g/mol. The van der Waals surface area contributed by atoms with Gasteiger partial charge in [0.05, 0.1) is 0 Å². The molecule has 0 aliphatic carbocycles. The van der Waals surface area contributed by atoms with Gasteiger partial charge in [-0.2, -0.15) is 0 Å². The van der Waals surface area contributed by atoms with E-state index in [1.165, 1.54) is 25.1 Å². The molecule has 3 nitrogen and oxygen atoms in total. The summed E-state index contributed by atoms with van der Waals surface area (Å²) in [4.78, 5) is 14.8. The summed E-state index contributed by atoms with van der Waals surface area (Å²) in [6, 6.07) is 5.98. The van der Waals surface area contributed by atoms with Gasteiger partial charge in [-0.05, 0) is 56.7 Å². The number of likely N-dealkylation sites (tertiary alicyclic amines) is 1. The lowest BCUT2D eigenvalue weighted by molar-refractivity contribution is 0.0946. The molecule has 1 aromatic carbocycles. The average Bonchev–Trinajstić information content (AvgIpc) is 2.42. The van der Waals surface area contributed by atoms with Crippen LogP contribution < -0.4 is 5.32 Å². The van der Waals surface area contributed by atoms with Gasteiger partial charge in [0.15, 0.2) is 0 Å². The number of carbonyl (C=O) groups is 1. The molecule has 0 saturated carbocycles. The zero-order valence-electron chi connectivity index (χ0n) is 14.5. The van der Waals surface area contributed by atoms with E-state index in [4.69, 9.17) is 0 Å². The van der Waals surface area contributed by atoms with E-state index in [1.54, 1.807) is 0 Å². The van der Waals surface area contributed by atoms with Crippen LogP contribution >= 0.6 is 0 Å². The number of hydrogen-bond acceptors (Lipinski definition) is 2. The molecule has 1 heterocycles. The Balaban J connectivity index is 1.73. The Bertz CT molecular complexity index is 502. The highest BCUT2D eigenvalue weighted by atomic mass is 16.1. The molecule has 1 aliphatic rings. The van der Waals surface area contributed by atoms with E-state index in [0.717, 1.165) is 42.5 Å². The quantitative estimate of drug-likeness (QED) is 0.846. The summed E-state index contributed by atoms with van der Waals surface area (Å²) in [7, 11) is 0. The Morgan fingerprint density at radius 3 is 2.55 bits per heavy atom. The minimum absolute atomic E-state index is 0.0536. The molecule has 1 fully saturated rings. The van der Waals surface area contributed by atoms with E-state index in [-0.39, 0.29) is 5.91 Å². The van der Waals surface area contributed by atoms with E-state index in [0.29, 0.717) is 0 Å². The summed E-state index contributed by atoms with van der Waals surface area (Å²) in [6.45, 7) is 13.0. The number of aryl methyl sites for hydroxylation is 2. The van der Waals surface area contributed by atoms with Crippen LogP contribution in [0.5, 0.6) is 0 Å². The van der Waals surface area contributed by atoms with Gasteiger partial charge in [0, 0.05) is 25.2 Å². The van der Waals surface area contributed by atoms with E-state index in [2.05, 4.69) is 37.1 Å². The molecular weight excluding hydrogens is 272 g/mol. The molecular formula is C19H30N2O. The minimum atomic E-state index is 0.0536. The lowest BCUT2D eigenvalue weighted by Gasteiger charge is -2.34. The lowest BCUT2D eigenvalue weighted by atomic mass is 9.92. The third kappa shape index (κ3) is 4.84. The van der Waals surface area contributed by atoms with E-state index >= 15 is 0 Å². The van der Waals surface area contributed by atoms with Crippen molar-refractivity contribution in [3.63, 3.8) is 0 Å². The molecule has 1 aliphatic heterocycles. The molecule has 1 amide bonds. The maximum Gasteiger partial charge on any atom is 0.251 e. The molecule has 122 valence electrons. The van der Waals surface area contributed by atoms with Gasteiger partial charge in [-0.3, -0.25) is 4.79 Å². The van der Waals surface area contributed by atoms with E-state index in [9.17, 15) is 4.79 Å². The third-order valence-electron chi connectivity index (χ3n) is 4.51. The van der Waals surface area contributed by atoms with Crippen molar-refractivity contribution in [2.75, 3.05) is 26.2 Å². The van der Waals surface area contributed by atoms with Crippen LogP contribution in [0.4, 0.5) is 0 Å². The van der Waals surface area contributed by atoms with Gasteiger partial charge in [0.25, 0.3) is 5.91 Å². The molecule has 2 rings (SSSR count). The first-order valence-corrected chi connectivity index (χ1v) is 8.53. The summed E-state index contributed by atoms with van der Waals surface area (Å²) < 4.78 is 0. The maximum atomic E-state index is 12.2. The van der Waals surface area contributed by atoms with Crippen LogP contribution in [-0.2, 0) is 0 Å².